The highest BCUT2D eigenvalue weighted by molar-refractivity contribution is 5.98. The minimum Gasteiger partial charge on any atom is -0.462 e. The van der Waals surface area contributed by atoms with Gasteiger partial charge in [0.2, 0.25) is 0 Å². The number of halogens is 1. The minimum absolute atomic E-state index is 0.0577. The Balaban J connectivity index is 1.31. The van der Waals surface area contributed by atoms with Crippen LogP contribution in [0.4, 0.5) is 4.39 Å². The molecule has 1 aliphatic heterocycles. The predicted octanol–water partition coefficient (Wildman–Crippen LogP) is 2.74. The van der Waals surface area contributed by atoms with Gasteiger partial charge in [-0.2, -0.15) is 0 Å². The number of fused-ring (bicyclic) bond motifs is 1. The largest absolute Gasteiger partial charge is 0.462 e. The van der Waals surface area contributed by atoms with Crippen molar-refractivity contribution in [1.82, 2.24) is 10.5 Å². The fourth-order valence-corrected chi connectivity index (χ4v) is 2.92. The van der Waals surface area contributed by atoms with E-state index in [-0.39, 0.29) is 24.9 Å². The monoisotopic (exact) mass is 367 g/mol. The smallest absolute Gasteiger partial charge is 0.310 e. The third-order valence-corrected chi connectivity index (χ3v) is 4.32. The van der Waals surface area contributed by atoms with Crippen molar-refractivity contribution in [2.45, 2.75) is 12.5 Å². The second-order valence-corrected chi connectivity index (χ2v) is 6.26. The van der Waals surface area contributed by atoms with Gasteiger partial charge in [-0.25, -0.2) is 9.87 Å². The van der Waals surface area contributed by atoms with Crippen LogP contribution in [-0.4, -0.2) is 36.0 Å². The first-order chi connectivity index (χ1) is 13.2. The quantitative estimate of drug-likeness (QED) is 0.680. The second kappa shape index (κ2) is 7.59. The van der Waals surface area contributed by atoms with Crippen LogP contribution in [0, 0.1) is 5.82 Å². The van der Waals surface area contributed by atoms with Crippen molar-refractivity contribution in [3.05, 3.63) is 71.7 Å². The molecule has 0 saturated heterocycles. The molecule has 6 nitrogen and oxygen atoms in total. The number of esters is 1. The van der Waals surface area contributed by atoms with Crippen LogP contribution in [0.15, 0.2) is 59.7 Å². The Morgan fingerprint density at radius 3 is 2.89 bits per heavy atom. The van der Waals surface area contributed by atoms with Crippen LogP contribution in [0.3, 0.4) is 0 Å². The molecule has 0 saturated carbocycles. The summed E-state index contributed by atoms with van der Waals surface area (Å²) in [5.41, 5.74) is 5.20. The number of nitrogens with zero attached hydrogens (tertiary/aromatic N) is 1. The zero-order chi connectivity index (χ0) is 18.6. The molecule has 3 aromatic rings. The summed E-state index contributed by atoms with van der Waals surface area (Å²) in [6, 6.07) is 14.1. The summed E-state index contributed by atoms with van der Waals surface area (Å²) in [7, 11) is 0. The van der Waals surface area contributed by atoms with E-state index in [4.69, 9.17) is 9.57 Å². The van der Waals surface area contributed by atoms with Crippen molar-refractivity contribution in [2.75, 3.05) is 13.2 Å². The highest BCUT2D eigenvalue weighted by Gasteiger charge is 2.19. The molecule has 138 valence electrons. The van der Waals surface area contributed by atoms with E-state index in [0.717, 1.165) is 11.1 Å². The van der Waals surface area contributed by atoms with E-state index in [0.29, 0.717) is 23.3 Å². The van der Waals surface area contributed by atoms with Gasteiger partial charge in [-0.15, -0.1) is 0 Å². The van der Waals surface area contributed by atoms with Gasteiger partial charge in [-0.3, -0.25) is 14.6 Å². The van der Waals surface area contributed by atoms with Crippen LogP contribution < -0.4 is 5.48 Å². The van der Waals surface area contributed by atoms with Crippen LogP contribution in [0.2, 0.25) is 0 Å². The molecule has 0 aliphatic carbocycles. The highest BCUT2D eigenvalue weighted by atomic mass is 19.1. The zero-order valence-corrected chi connectivity index (χ0v) is 14.4. The molecule has 0 bridgehead atoms. The number of aliphatic imine (C=N–C) groups is 1. The molecule has 1 aromatic heterocycles. The van der Waals surface area contributed by atoms with Crippen molar-refractivity contribution in [3.8, 4) is 0 Å². The number of hydrogen-bond donors (Lipinski definition) is 2. The van der Waals surface area contributed by atoms with Crippen LogP contribution in [-0.2, 0) is 20.8 Å². The first-order valence-corrected chi connectivity index (χ1v) is 8.62. The van der Waals surface area contributed by atoms with Gasteiger partial charge in [0, 0.05) is 22.7 Å². The van der Waals surface area contributed by atoms with E-state index in [1.165, 1.54) is 12.1 Å². The number of rotatable bonds is 5. The number of carbonyl (C=O) groups is 1. The molecular formula is C20H18FN3O3. The standard InChI is InChI=1S/C20H18FN3O3/c21-15-6-7-18-17(9-15)14(10-22-18)8-19(25)26-12-16-11-23-20(24-27-16)13-4-2-1-3-5-13/h1-7,9-10,16,22H,8,11-12H2,(H,23,24). The van der Waals surface area contributed by atoms with Gasteiger partial charge in [0.25, 0.3) is 0 Å². The molecule has 1 aliphatic rings. The molecule has 0 radical (unpaired) electrons. The van der Waals surface area contributed by atoms with Gasteiger partial charge >= 0.3 is 5.97 Å². The minimum atomic E-state index is -0.401. The third-order valence-electron chi connectivity index (χ3n) is 4.32. The Labute approximate surface area is 155 Å². The average molecular weight is 367 g/mol. The maximum absolute atomic E-state index is 13.4. The van der Waals surface area contributed by atoms with Crippen molar-refractivity contribution < 1.29 is 18.8 Å². The van der Waals surface area contributed by atoms with Crippen molar-refractivity contribution in [3.63, 3.8) is 0 Å². The SMILES string of the molecule is O=C(Cc1c[nH]c2ccc(F)cc12)OCC1CN=C(c2ccccc2)NO1. The number of ether oxygens (including phenoxy) is 1. The van der Waals surface area contributed by atoms with Gasteiger partial charge in [0.1, 0.15) is 18.5 Å². The Bertz CT molecular complexity index is 985. The Hall–Kier alpha value is -3.19. The normalized spacial score (nSPS) is 16.6. The molecule has 27 heavy (non-hydrogen) atoms. The molecule has 1 unspecified atom stereocenters. The molecule has 0 fully saturated rings. The number of aromatic nitrogens is 1. The first-order valence-electron chi connectivity index (χ1n) is 8.62. The number of hydroxylamine groups is 1. The van der Waals surface area contributed by atoms with Crippen LogP contribution >= 0.6 is 0 Å². The second-order valence-electron chi connectivity index (χ2n) is 6.26. The molecular weight excluding hydrogens is 349 g/mol. The maximum atomic E-state index is 13.4. The Kier molecular flexibility index (Phi) is 4.84. The van der Waals surface area contributed by atoms with E-state index in [2.05, 4.69) is 15.5 Å². The van der Waals surface area contributed by atoms with Gasteiger partial charge < -0.3 is 9.72 Å². The molecule has 2 heterocycles. The molecule has 7 heteroatoms. The van der Waals surface area contributed by atoms with Gasteiger partial charge in [-0.1, -0.05) is 30.3 Å². The summed E-state index contributed by atoms with van der Waals surface area (Å²) in [5, 5.41) is 0.680. The van der Waals surface area contributed by atoms with Crippen LogP contribution in [0.1, 0.15) is 11.1 Å². The number of amidine groups is 1. The molecule has 2 N–H and O–H groups in total. The number of carbonyl (C=O) groups excluding carboxylic acids is 1. The number of benzene rings is 2. The summed E-state index contributed by atoms with van der Waals surface area (Å²) in [4.78, 5) is 25.1. The highest BCUT2D eigenvalue weighted by Crippen LogP contribution is 2.20. The van der Waals surface area contributed by atoms with E-state index >= 15 is 0 Å². The molecule has 1 atom stereocenters. The van der Waals surface area contributed by atoms with E-state index in [9.17, 15) is 9.18 Å². The van der Waals surface area contributed by atoms with Gasteiger partial charge in [-0.05, 0) is 23.8 Å². The van der Waals surface area contributed by atoms with E-state index in [1.807, 2.05) is 30.3 Å². The average Bonchev–Trinajstić information content (AvgIpc) is 3.09. The van der Waals surface area contributed by atoms with Crippen LogP contribution in [0.25, 0.3) is 10.9 Å². The van der Waals surface area contributed by atoms with Gasteiger partial charge in [0.15, 0.2) is 5.84 Å². The predicted molar refractivity (Wildman–Crippen MR) is 98.8 cm³/mol. The molecule has 0 spiro atoms. The Morgan fingerprint density at radius 2 is 2.11 bits per heavy atom. The summed E-state index contributed by atoms with van der Waals surface area (Å²) < 4.78 is 18.7. The fourth-order valence-electron chi connectivity index (χ4n) is 2.92. The summed E-state index contributed by atoms with van der Waals surface area (Å²) in [5.74, 6) is -0.0916. The summed E-state index contributed by atoms with van der Waals surface area (Å²) in [6.45, 7) is 0.483. The fraction of sp³-hybridized carbons (Fsp3) is 0.200. The summed E-state index contributed by atoms with van der Waals surface area (Å²) >= 11 is 0. The van der Waals surface area contributed by atoms with Crippen molar-refractivity contribution >= 4 is 22.7 Å². The van der Waals surface area contributed by atoms with E-state index < -0.39 is 5.97 Å². The van der Waals surface area contributed by atoms with Crippen molar-refractivity contribution in [2.24, 2.45) is 4.99 Å². The zero-order valence-electron chi connectivity index (χ0n) is 14.4. The molecule has 2 aromatic carbocycles. The summed E-state index contributed by atoms with van der Waals surface area (Å²) in [6.07, 6.45) is 1.39. The van der Waals surface area contributed by atoms with Crippen LogP contribution in [0.5, 0.6) is 0 Å². The molecule has 0 amide bonds. The lowest BCUT2D eigenvalue weighted by molar-refractivity contribution is -0.148. The van der Waals surface area contributed by atoms with E-state index in [1.54, 1.807) is 12.3 Å². The topological polar surface area (TPSA) is 75.7 Å². The number of hydrogen-bond acceptors (Lipinski definition) is 5. The van der Waals surface area contributed by atoms with Gasteiger partial charge in [0.05, 0.1) is 13.0 Å². The lowest BCUT2D eigenvalue weighted by atomic mass is 10.1. The number of H-pyrrole nitrogens is 1. The Morgan fingerprint density at radius 1 is 1.26 bits per heavy atom. The molecule has 4 rings (SSSR count). The third kappa shape index (κ3) is 3.98. The number of aromatic amines is 1. The first kappa shape index (κ1) is 17.2. The maximum Gasteiger partial charge on any atom is 0.310 e. The number of nitrogens with one attached hydrogen (secondary N) is 2. The lowest BCUT2D eigenvalue weighted by Crippen LogP contribution is -2.40. The lowest BCUT2D eigenvalue weighted by Gasteiger charge is -2.22. The van der Waals surface area contributed by atoms with Crippen molar-refractivity contribution in [1.29, 1.82) is 0 Å².